The lowest BCUT2D eigenvalue weighted by molar-refractivity contribution is 0.0764. The van der Waals surface area contributed by atoms with Crippen molar-refractivity contribution in [3.05, 3.63) is 34.9 Å². The SMILES string of the molecule is CCN(CCCBr)C(=O)c1cc(C)ccc1C. The van der Waals surface area contributed by atoms with Gasteiger partial charge in [-0.05, 0) is 38.8 Å². The average molecular weight is 298 g/mol. The highest BCUT2D eigenvalue weighted by Gasteiger charge is 2.15. The molecule has 3 heteroatoms. The molecule has 0 spiro atoms. The molecule has 1 rings (SSSR count). The first-order valence-electron chi connectivity index (χ1n) is 6.02. The van der Waals surface area contributed by atoms with Gasteiger partial charge in [0.25, 0.3) is 5.91 Å². The van der Waals surface area contributed by atoms with Gasteiger partial charge in [-0.15, -0.1) is 0 Å². The second kappa shape index (κ2) is 6.80. The van der Waals surface area contributed by atoms with Gasteiger partial charge in [0.15, 0.2) is 0 Å². The van der Waals surface area contributed by atoms with Gasteiger partial charge in [-0.2, -0.15) is 0 Å². The molecule has 0 saturated carbocycles. The molecule has 0 aliphatic heterocycles. The molecule has 1 aromatic carbocycles. The predicted octanol–water partition coefficient (Wildman–Crippen LogP) is 3.55. The van der Waals surface area contributed by atoms with Crippen LogP contribution in [-0.4, -0.2) is 29.2 Å². The number of amides is 1. The van der Waals surface area contributed by atoms with Crippen LogP contribution in [-0.2, 0) is 0 Å². The number of carbonyl (C=O) groups is 1. The molecule has 2 nitrogen and oxygen atoms in total. The van der Waals surface area contributed by atoms with Crippen LogP contribution in [0.1, 0.15) is 34.8 Å². The second-order valence-corrected chi connectivity index (χ2v) is 5.04. The lowest BCUT2D eigenvalue weighted by Gasteiger charge is -2.21. The number of halogens is 1. The summed E-state index contributed by atoms with van der Waals surface area (Å²) in [6, 6.07) is 6.04. The molecule has 0 saturated heterocycles. The van der Waals surface area contributed by atoms with E-state index >= 15 is 0 Å². The maximum atomic E-state index is 12.4. The van der Waals surface area contributed by atoms with Gasteiger partial charge in [-0.25, -0.2) is 0 Å². The van der Waals surface area contributed by atoms with Crippen molar-refractivity contribution < 1.29 is 4.79 Å². The van der Waals surface area contributed by atoms with E-state index in [9.17, 15) is 4.79 Å². The maximum absolute atomic E-state index is 12.4. The smallest absolute Gasteiger partial charge is 0.254 e. The molecular formula is C14H20BrNO. The number of hydrogen-bond acceptors (Lipinski definition) is 1. The summed E-state index contributed by atoms with van der Waals surface area (Å²) in [6.07, 6.45) is 0.991. The van der Waals surface area contributed by atoms with Crippen LogP contribution in [0.5, 0.6) is 0 Å². The molecule has 0 aromatic heterocycles. The lowest BCUT2D eigenvalue weighted by atomic mass is 10.0. The van der Waals surface area contributed by atoms with E-state index in [1.807, 2.05) is 43.9 Å². The summed E-state index contributed by atoms with van der Waals surface area (Å²) < 4.78 is 0. The standard InChI is InChI=1S/C14H20BrNO/c1-4-16(9-5-8-15)14(17)13-10-11(2)6-7-12(13)3/h6-7,10H,4-5,8-9H2,1-3H3. The van der Waals surface area contributed by atoms with Crippen LogP contribution < -0.4 is 0 Å². The Labute approximate surface area is 112 Å². The normalized spacial score (nSPS) is 10.4. The fourth-order valence-electron chi connectivity index (χ4n) is 1.79. The van der Waals surface area contributed by atoms with Crippen LogP contribution >= 0.6 is 15.9 Å². The third-order valence-corrected chi connectivity index (χ3v) is 3.41. The van der Waals surface area contributed by atoms with Crippen LogP contribution in [0.2, 0.25) is 0 Å². The summed E-state index contributed by atoms with van der Waals surface area (Å²) in [6.45, 7) is 7.61. The Morgan fingerprint density at radius 3 is 2.65 bits per heavy atom. The maximum Gasteiger partial charge on any atom is 0.254 e. The molecule has 0 bridgehead atoms. The van der Waals surface area contributed by atoms with E-state index < -0.39 is 0 Å². The molecule has 0 atom stereocenters. The van der Waals surface area contributed by atoms with E-state index in [2.05, 4.69) is 15.9 Å². The van der Waals surface area contributed by atoms with Gasteiger partial charge in [-0.3, -0.25) is 4.79 Å². The third kappa shape index (κ3) is 3.84. The molecule has 0 N–H and O–H groups in total. The average Bonchev–Trinajstić information content (AvgIpc) is 2.33. The molecular weight excluding hydrogens is 278 g/mol. The summed E-state index contributed by atoms with van der Waals surface area (Å²) >= 11 is 3.40. The van der Waals surface area contributed by atoms with Gasteiger partial charge >= 0.3 is 0 Å². The monoisotopic (exact) mass is 297 g/mol. The molecule has 1 amide bonds. The van der Waals surface area contributed by atoms with Crippen molar-refractivity contribution in [3.8, 4) is 0 Å². The number of hydrogen-bond donors (Lipinski definition) is 0. The van der Waals surface area contributed by atoms with E-state index in [0.717, 1.165) is 41.5 Å². The van der Waals surface area contributed by atoms with Crippen molar-refractivity contribution in [1.29, 1.82) is 0 Å². The Hall–Kier alpha value is -0.830. The molecule has 0 radical (unpaired) electrons. The van der Waals surface area contributed by atoms with E-state index in [1.165, 1.54) is 0 Å². The Kier molecular flexibility index (Phi) is 5.69. The zero-order chi connectivity index (χ0) is 12.8. The van der Waals surface area contributed by atoms with E-state index in [4.69, 9.17) is 0 Å². The summed E-state index contributed by atoms with van der Waals surface area (Å²) in [7, 11) is 0. The first-order chi connectivity index (χ1) is 8.10. The fourth-order valence-corrected chi connectivity index (χ4v) is 2.04. The van der Waals surface area contributed by atoms with Crippen LogP contribution in [0.25, 0.3) is 0 Å². The number of carbonyl (C=O) groups excluding carboxylic acids is 1. The molecule has 94 valence electrons. The molecule has 0 aliphatic rings. The highest BCUT2D eigenvalue weighted by molar-refractivity contribution is 9.09. The minimum absolute atomic E-state index is 0.148. The number of alkyl halides is 1. The zero-order valence-electron chi connectivity index (χ0n) is 10.8. The fraction of sp³-hybridized carbons (Fsp3) is 0.500. The van der Waals surface area contributed by atoms with E-state index in [-0.39, 0.29) is 5.91 Å². The Bertz CT molecular complexity index is 390. The van der Waals surface area contributed by atoms with Crippen LogP contribution in [0.15, 0.2) is 18.2 Å². The van der Waals surface area contributed by atoms with Gasteiger partial charge in [0.1, 0.15) is 0 Å². The summed E-state index contributed by atoms with van der Waals surface area (Å²) in [5.74, 6) is 0.148. The van der Waals surface area contributed by atoms with Crippen LogP contribution in [0.3, 0.4) is 0 Å². The number of nitrogens with zero attached hydrogens (tertiary/aromatic N) is 1. The highest BCUT2D eigenvalue weighted by Crippen LogP contribution is 2.13. The molecule has 0 fully saturated rings. The molecule has 17 heavy (non-hydrogen) atoms. The molecule has 0 aliphatic carbocycles. The van der Waals surface area contributed by atoms with Crippen LogP contribution in [0.4, 0.5) is 0 Å². The number of rotatable bonds is 5. The van der Waals surface area contributed by atoms with Gasteiger partial charge in [0, 0.05) is 24.0 Å². The molecule has 1 aromatic rings. The van der Waals surface area contributed by atoms with Crippen molar-refractivity contribution in [2.45, 2.75) is 27.2 Å². The second-order valence-electron chi connectivity index (χ2n) is 4.25. The van der Waals surface area contributed by atoms with Crippen molar-refractivity contribution in [1.82, 2.24) is 4.90 Å². The van der Waals surface area contributed by atoms with Crippen molar-refractivity contribution >= 4 is 21.8 Å². The van der Waals surface area contributed by atoms with Crippen LogP contribution in [0, 0.1) is 13.8 Å². The van der Waals surface area contributed by atoms with E-state index in [0.29, 0.717) is 0 Å². The van der Waals surface area contributed by atoms with Gasteiger partial charge in [-0.1, -0.05) is 33.6 Å². The predicted molar refractivity (Wildman–Crippen MR) is 75.9 cm³/mol. The summed E-state index contributed by atoms with van der Waals surface area (Å²) in [5, 5.41) is 0.934. The number of aryl methyl sites for hydroxylation is 2. The first-order valence-corrected chi connectivity index (χ1v) is 7.14. The quantitative estimate of drug-likeness (QED) is 0.761. The highest BCUT2D eigenvalue weighted by atomic mass is 79.9. The van der Waals surface area contributed by atoms with Gasteiger partial charge in [0.2, 0.25) is 0 Å². The zero-order valence-corrected chi connectivity index (χ0v) is 12.4. The van der Waals surface area contributed by atoms with Crippen molar-refractivity contribution in [2.75, 3.05) is 18.4 Å². The largest absolute Gasteiger partial charge is 0.339 e. The summed E-state index contributed by atoms with van der Waals surface area (Å²) in [5.41, 5.74) is 3.02. The molecule has 0 heterocycles. The van der Waals surface area contributed by atoms with Crippen molar-refractivity contribution in [2.24, 2.45) is 0 Å². The topological polar surface area (TPSA) is 20.3 Å². The van der Waals surface area contributed by atoms with Gasteiger partial charge in [0.05, 0.1) is 0 Å². The Morgan fingerprint density at radius 2 is 2.06 bits per heavy atom. The lowest BCUT2D eigenvalue weighted by Crippen LogP contribution is -2.32. The number of benzene rings is 1. The first kappa shape index (κ1) is 14.2. The minimum Gasteiger partial charge on any atom is -0.339 e. The molecule has 0 unspecified atom stereocenters. The van der Waals surface area contributed by atoms with E-state index in [1.54, 1.807) is 0 Å². The van der Waals surface area contributed by atoms with Gasteiger partial charge < -0.3 is 4.90 Å². The summed E-state index contributed by atoms with van der Waals surface area (Å²) in [4.78, 5) is 14.3. The minimum atomic E-state index is 0.148. The Balaban J connectivity index is 2.89. The Morgan fingerprint density at radius 1 is 1.35 bits per heavy atom. The third-order valence-electron chi connectivity index (χ3n) is 2.85. The van der Waals surface area contributed by atoms with Crippen molar-refractivity contribution in [3.63, 3.8) is 0 Å².